The molecule has 3 N–H and O–H groups in total. The standard InChI is InChI=1S/C15H24N2O2/c1-15(2,16)6-7-17-11-12-4-5-13-14(10-12)19-9-3-8-18-13/h4-5,10,17H,3,6-9,11,16H2,1-2H3. The second-order valence-electron chi connectivity index (χ2n) is 5.75. The molecule has 0 aromatic heterocycles. The van der Waals surface area contributed by atoms with Crippen molar-refractivity contribution in [3.05, 3.63) is 23.8 Å². The van der Waals surface area contributed by atoms with Gasteiger partial charge in [-0.2, -0.15) is 0 Å². The van der Waals surface area contributed by atoms with Gasteiger partial charge >= 0.3 is 0 Å². The molecule has 0 bridgehead atoms. The second kappa shape index (κ2) is 6.26. The van der Waals surface area contributed by atoms with Crippen LogP contribution in [-0.4, -0.2) is 25.3 Å². The van der Waals surface area contributed by atoms with Crippen LogP contribution < -0.4 is 20.5 Å². The molecule has 4 nitrogen and oxygen atoms in total. The van der Waals surface area contributed by atoms with Crippen molar-refractivity contribution in [3.63, 3.8) is 0 Å². The first kappa shape index (κ1) is 14.2. The molecule has 106 valence electrons. The number of nitrogens with two attached hydrogens (primary N) is 1. The smallest absolute Gasteiger partial charge is 0.161 e. The minimum absolute atomic E-state index is 0.113. The Kier molecular flexibility index (Phi) is 4.66. The Hall–Kier alpha value is -1.26. The van der Waals surface area contributed by atoms with Crippen molar-refractivity contribution in [1.29, 1.82) is 0 Å². The lowest BCUT2D eigenvalue weighted by Crippen LogP contribution is -2.35. The molecule has 0 saturated carbocycles. The Morgan fingerprint density at radius 1 is 1.21 bits per heavy atom. The molecule has 0 radical (unpaired) electrons. The van der Waals surface area contributed by atoms with Crippen LogP contribution in [0.3, 0.4) is 0 Å². The lowest BCUT2D eigenvalue weighted by Gasteiger charge is -2.18. The molecule has 0 aliphatic carbocycles. The van der Waals surface area contributed by atoms with Gasteiger partial charge in [-0.3, -0.25) is 0 Å². The number of hydrogen-bond acceptors (Lipinski definition) is 4. The van der Waals surface area contributed by atoms with E-state index in [0.29, 0.717) is 0 Å². The van der Waals surface area contributed by atoms with E-state index in [4.69, 9.17) is 15.2 Å². The van der Waals surface area contributed by atoms with Crippen LogP contribution in [0.1, 0.15) is 32.3 Å². The van der Waals surface area contributed by atoms with Gasteiger partial charge in [0.1, 0.15) is 0 Å². The molecule has 1 aromatic carbocycles. The Bertz CT molecular complexity index is 413. The summed E-state index contributed by atoms with van der Waals surface area (Å²) < 4.78 is 11.3. The third-order valence-corrected chi connectivity index (χ3v) is 3.09. The topological polar surface area (TPSA) is 56.5 Å². The second-order valence-corrected chi connectivity index (χ2v) is 5.75. The maximum atomic E-state index is 5.95. The van der Waals surface area contributed by atoms with Gasteiger partial charge in [0.25, 0.3) is 0 Å². The molecule has 1 heterocycles. The van der Waals surface area contributed by atoms with Gasteiger partial charge in [-0.25, -0.2) is 0 Å². The van der Waals surface area contributed by atoms with Crippen molar-refractivity contribution >= 4 is 0 Å². The molecular weight excluding hydrogens is 240 g/mol. The van der Waals surface area contributed by atoms with Crippen molar-refractivity contribution in [2.24, 2.45) is 5.73 Å². The first-order valence-electron chi connectivity index (χ1n) is 6.93. The molecule has 0 fully saturated rings. The molecule has 0 atom stereocenters. The predicted octanol–water partition coefficient (Wildman–Crippen LogP) is 2.06. The molecule has 1 aliphatic heterocycles. The molecule has 4 heteroatoms. The van der Waals surface area contributed by atoms with E-state index < -0.39 is 0 Å². The summed E-state index contributed by atoms with van der Waals surface area (Å²) in [4.78, 5) is 0. The van der Waals surface area contributed by atoms with E-state index in [-0.39, 0.29) is 5.54 Å². The van der Waals surface area contributed by atoms with Gasteiger partial charge in [0.05, 0.1) is 13.2 Å². The number of hydrogen-bond donors (Lipinski definition) is 2. The fraction of sp³-hybridized carbons (Fsp3) is 0.600. The summed E-state index contributed by atoms with van der Waals surface area (Å²) in [7, 11) is 0. The highest BCUT2D eigenvalue weighted by atomic mass is 16.5. The fourth-order valence-electron chi connectivity index (χ4n) is 1.96. The van der Waals surface area contributed by atoms with Crippen molar-refractivity contribution in [2.45, 2.75) is 38.8 Å². The van der Waals surface area contributed by atoms with E-state index >= 15 is 0 Å². The largest absolute Gasteiger partial charge is 0.490 e. The average molecular weight is 264 g/mol. The first-order valence-corrected chi connectivity index (χ1v) is 6.93. The van der Waals surface area contributed by atoms with Crippen LogP contribution in [0.4, 0.5) is 0 Å². The van der Waals surface area contributed by atoms with Crippen LogP contribution >= 0.6 is 0 Å². The van der Waals surface area contributed by atoms with Gasteiger partial charge in [0, 0.05) is 18.5 Å². The molecule has 0 spiro atoms. The van der Waals surface area contributed by atoms with E-state index in [1.807, 2.05) is 19.9 Å². The average Bonchev–Trinajstić information content (AvgIpc) is 2.58. The van der Waals surface area contributed by atoms with E-state index in [2.05, 4.69) is 17.4 Å². The van der Waals surface area contributed by atoms with Crippen molar-refractivity contribution in [1.82, 2.24) is 5.32 Å². The predicted molar refractivity (Wildman–Crippen MR) is 76.6 cm³/mol. The summed E-state index contributed by atoms with van der Waals surface area (Å²) in [5.41, 5.74) is 7.04. The molecule has 1 aliphatic rings. The van der Waals surface area contributed by atoms with E-state index in [1.54, 1.807) is 0 Å². The minimum Gasteiger partial charge on any atom is -0.490 e. The van der Waals surface area contributed by atoms with E-state index in [0.717, 1.165) is 50.6 Å². The lowest BCUT2D eigenvalue weighted by atomic mass is 10.0. The number of fused-ring (bicyclic) bond motifs is 1. The zero-order chi connectivity index (χ0) is 13.7. The Morgan fingerprint density at radius 3 is 2.68 bits per heavy atom. The van der Waals surface area contributed by atoms with Gasteiger partial charge in [0.2, 0.25) is 0 Å². The van der Waals surface area contributed by atoms with Crippen LogP contribution in [0.5, 0.6) is 11.5 Å². The zero-order valence-corrected chi connectivity index (χ0v) is 11.9. The highest BCUT2D eigenvalue weighted by Gasteiger charge is 2.11. The molecule has 0 amide bonds. The minimum atomic E-state index is -0.113. The number of ether oxygens (including phenoxy) is 2. The first-order chi connectivity index (χ1) is 9.04. The van der Waals surface area contributed by atoms with Gasteiger partial charge < -0.3 is 20.5 Å². The van der Waals surface area contributed by atoms with Crippen LogP contribution in [-0.2, 0) is 6.54 Å². The summed E-state index contributed by atoms with van der Waals surface area (Å²) in [6.45, 7) is 7.29. The quantitative estimate of drug-likeness (QED) is 0.799. The zero-order valence-electron chi connectivity index (χ0n) is 11.9. The number of benzene rings is 1. The molecule has 2 rings (SSSR count). The van der Waals surface area contributed by atoms with Crippen molar-refractivity contribution in [3.8, 4) is 11.5 Å². The van der Waals surface area contributed by atoms with Crippen LogP contribution in [0.2, 0.25) is 0 Å². The van der Waals surface area contributed by atoms with Gasteiger partial charge in [-0.1, -0.05) is 6.07 Å². The molecular formula is C15H24N2O2. The maximum absolute atomic E-state index is 5.95. The Morgan fingerprint density at radius 2 is 1.95 bits per heavy atom. The number of rotatable bonds is 5. The van der Waals surface area contributed by atoms with E-state index in [1.165, 1.54) is 5.56 Å². The Labute approximate surface area is 115 Å². The SMILES string of the molecule is CC(C)(N)CCNCc1ccc2c(c1)OCCCO2. The van der Waals surface area contributed by atoms with Gasteiger partial charge in [-0.15, -0.1) is 0 Å². The molecule has 19 heavy (non-hydrogen) atoms. The number of nitrogens with one attached hydrogen (secondary N) is 1. The highest BCUT2D eigenvalue weighted by Crippen LogP contribution is 2.30. The summed E-state index contributed by atoms with van der Waals surface area (Å²) in [5, 5.41) is 3.40. The highest BCUT2D eigenvalue weighted by molar-refractivity contribution is 5.43. The maximum Gasteiger partial charge on any atom is 0.161 e. The lowest BCUT2D eigenvalue weighted by molar-refractivity contribution is 0.297. The van der Waals surface area contributed by atoms with Crippen LogP contribution in [0.25, 0.3) is 0 Å². The Balaban J connectivity index is 1.86. The van der Waals surface area contributed by atoms with Crippen molar-refractivity contribution < 1.29 is 9.47 Å². The van der Waals surface area contributed by atoms with Crippen LogP contribution in [0, 0.1) is 0 Å². The monoisotopic (exact) mass is 264 g/mol. The third kappa shape index (κ3) is 4.73. The third-order valence-electron chi connectivity index (χ3n) is 3.09. The normalized spacial score (nSPS) is 15.1. The molecule has 1 aromatic rings. The summed E-state index contributed by atoms with van der Waals surface area (Å²) in [5.74, 6) is 1.71. The summed E-state index contributed by atoms with van der Waals surface area (Å²) in [6, 6.07) is 6.12. The summed E-state index contributed by atoms with van der Waals surface area (Å²) >= 11 is 0. The molecule has 0 saturated heterocycles. The fourth-order valence-corrected chi connectivity index (χ4v) is 1.96. The molecule has 0 unspecified atom stereocenters. The van der Waals surface area contributed by atoms with Crippen molar-refractivity contribution in [2.75, 3.05) is 19.8 Å². The summed E-state index contributed by atoms with van der Waals surface area (Å²) in [6.07, 6.45) is 1.89. The van der Waals surface area contributed by atoms with Crippen LogP contribution in [0.15, 0.2) is 18.2 Å². The van der Waals surface area contributed by atoms with Gasteiger partial charge in [0.15, 0.2) is 11.5 Å². The van der Waals surface area contributed by atoms with E-state index in [9.17, 15) is 0 Å². The van der Waals surface area contributed by atoms with Gasteiger partial charge in [-0.05, 0) is 44.5 Å².